The minimum absolute atomic E-state index is 0.146. The predicted octanol–water partition coefficient (Wildman–Crippen LogP) is 0.606. The fraction of sp³-hybridized carbons (Fsp3) is 0.625. The Bertz CT molecular complexity index is 267. The van der Waals surface area contributed by atoms with Crippen LogP contribution < -0.4 is 0 Å². The molecule has 0 aromatic carbocycles. The summed E-state index contributed by atoms with van der Waals surface area (Å²) in [6.07, 6.45) is 2.26. The summed E-state index contributed by atoms with van der Waals surface area (Å²) in [5.41, 5.74) is 0.834. The number of fused-ring (bicyclic) bond motifs is 4. The summed E-state index contributed by atoms with van der Waals surface area (Å²) < 4.78 is 10.4. The van der Waals surface area contributed by atoms with Gasteiger partial charge in [-0.1, -0.05) is 0 Å². The van der Waals surface area contributed by atoms with Gasteiger partial charge in [0.25, 0.3) is 0 Å². The van der Waals surface area contributed by atoms with Crippen LogP contribution in [0.3, 0.4) is 0 Å². The van der Waals surface area contributed by atoms with Gasteiger partial charge in [-0.25, -0.2) is 4.79 Å². The molecule has 2 unspecified atom stereocenters. The fourth-order valence-corrected chi connectivity index (χ4v) is 2.15. The monoisotopic (exact) mass is 152 g/mol. The van der Waals surface area contributed by atoms with Crippen LogP contribution >= 0.6 is 0 Å². The van der Waals surface area contributed by atoms with Gasteiger partial charge in [-0.15, -0.1) is 0 Å². The van der Waals surface area contributed by atoms with Crippen LogP contribution in [0, 0.1) is 5.92 Å². The number of carbonyl (C=O) groups is 1. The molecule has 3 rings (SSSR count). The van der Waals surface area contributed by atoms with Gasteiger partial charge in [0, 0.05) is 6.42 Å². The Morgan fingerprint density at radius 3 is 3.18 bits per heavy atom. The second-order valence-electron chi connectivity index (χ2n) is 3.24. The van der Waals surface area contributed by atoms with Crippen molar-refractivity contribution < 1.29 is 14.3 Å². The average Bonchev–Trinajstić information content (AvgIpc) is 2.60. The topological polar surface area (TPSA) is 35.5 Å². The lowest BCUT2D eigenvalue weighted by molar-refractivity contribution is -0.135. The highest BCUT2D eigenvalue weighted by Crippen LogP contribution is 2.45. The molecule has 3 aliphatic heterocycles. The zero-order chi connectivity index (χ0) is 7.42. The van der Waals surface area contributed by atoms with Crippen molar-refractivity contribution in [1.29, 1.82) is 0 Å². The summed E-state index contributed by atoms with van der Waals surface area (Å²) in [5, 5.41) is 0. The zero-order valence-electron chi connectivity index (χ0n) is 6.00. The van der Waals surface area contributed by atoms with Crippen molar-refractivity contribution in [2.45, 2.75) is 18.9 Å². The van der Waals surface area contributed by atoms with E-state index in [1.807, 2.05) is 0 Å². The molecule has 3 heteroatoms. The highest BCUT2D eigenvalue weighted by atomic mass is 16.6. The van der Waals surface area contributed by atoms with Crippen molar-refractivity contribution in [2.75, 3.05) is 6.61 Å². The molecule has 3 aliphatic rings. The first kappa shape index (κ1) is 5.63. The molecule has 11 heavy (non-hydrogen) atoms. The van der Waals surface area contributed by atoms with Crippen LogP contribution in [0.4, 0.5) is 0 Å². The van der Waals surface area contributed by atoms with Crippen molar-refractivity contribution in [1.82, 2.24) is 0 Å². The van der Waals surface area contributed by atoms with Crippen molar-refractivity contribution in [3.8, 4) is 0 Å². The molecule has 0 aromatic heterocycles. The van der Waals surface area contributed by atoms with Crippen molar-refractivity contribution in [3.63, 3.8) is 0 Å². The third kappa shape index (κ3) is 0.526. The fourth-order valence-electron chi connectivity index (χ4n) is 2.15. The van der Waals surface area contributed by atoms with E-state index in [-0.39, 0.29) is 18.0 Å². The lowest BCUT2D eigenvalue weighted by Crippen LogP contribution is -2.17. The van der Waals surface area contributed by atoms with Gasteiger partial charge in [-0.2, -0.15) is 0 Å². The normalized spacial score (nSPS) is 39.1. The van der Waals surface area contributed by atoms with Gasteiger partial charge in [-0.3, -0.25) is 0 Å². The molecule has 0 saturated carbocycles. The Labute approximate surface area is 64.0 Å². The maximum Gasteiger partial charge on any atom is 0.338 e. The number of allylic oxidation sites excluding steroid dienone is 1. The van der Waals surface area contributed by atoms with Crippen molar-refractivity contribution >= 4 is 5.97 Å². The molecule has 3 nitrogen and oxygen atoms in total. The first-order valence-electron chi connectivity index (χ1n) is 3.93. The second-order valence-corrected chi connectivity index (χ2v) is 3.24. The van der Waals surface area contributed by atoms with Gasteiger partial charge in [0.1, 0.15) is 18.5 Å². The quantitative estimate of drug-likeness (QED) is 0.477. The van der Waals surface area contributed by atoms with Crippen LogP contribution in [0.1, 0.15) is 12.8 Å². The van der Waals surface area contributed by atoms with E-state index in [0.717, 1.165) is 24.2 Å². The Morgan fingerprint density at radius 2 is 2.36 bits per heavy atom. The van der Waals surface area contributed by atoms with Gasteiger partial charge < -0.3 is 9.47 Å². The van der Waals surface area contributed by atoms with Gasteiger partial charge in [-0.05, 0) is 6.42 Å². The van der Waals surface area contributed by atoms with Crippen LogP contribution in [0.2, 0.25) is 0 Å². The van der Waals surface area contributed by atoms with Crippen LogP contribution in [0.5, 0.6) is 0 Å². The van der Waals surface area contributed by atoms with E-state index in [2.05, 4.69) is 0 Å². The Morgan fingerprint density at radius 1 is 1.45 bits per heavy atom. The molecule has 0 spiro atoms. The molecule has 2 fully saturated rings. The Balaban J connectivity index is 2.14. The highest BCUT2D eigenvalue weighted by molar-refractivity contribution is 5.92. The number of hydrogen-bond donors (Lipinski definition) is 0. The lowest BCUT2D eigenvalue weighted by atomic mass is 9.90. The van der Waals surface area contributed by atoms with Crippen LogP contribution in [-0.2, 0) is 14.3 Å². The second kappa shape index (κ2) is 1.60. The van der Waals surface area contributed by atoms with Crippen LogP contribution in [0.25, 0.3) is 0 Å². The molecule has 2 bridgehead atoms. The number of cyclic esters (lactones) is 1. The first-order valence-corrected chi connectivity index (χ1v) is 3.93. The molecule has 0 N–H and O–H groups in total. The zero-order valence-corrected chi connectivity index (χ0v) is 6.00. The van der Waals surface area contributed by atoms with E-state index >= 15 is 0 Å². The predicted molar refractivity (Wildman–Crippen MR) is 35.6 cm³/mol. The van der Waals surface area contributed by atoms with E-state index < -0.39 is 0 Å². The van der Waals surface area contributed by atoms with E-state index in [1.54, 1.807) is 0 Å². The number of rotatable bonds is 0. The molecule has 0 aliphatic carbocycles. The van der Waals surface area contributed by atoms with E-state index in [0.29, 0.717) is 6.61 Å². The Hall–Kier alpha value is -0.990. The first-order chi connectivity index (χ1) is 5.36. The summed E-state index contributed by atoms with van der Waals surface area (Å²) in [5.74, 6) is 1.03. The summed E-state index contributed by atoms with van der Waals surface area (Å²) in [7, 11) is 0. The van der Waals surface area contributed by atoms with Gasteiger partial charge in [0.05, 0.1) is 11.5 Å². The molecule has 0 amide bonds. The van der Waals surface area contributed by atoms with Crippen LogP contribution in [0.15, 0.2) is 11.3 Å². The SMILES string of the molecule is O=C1OCC2C1=C1CCC2O1. The number of carbonyl (C=O) groups excluding carboxylic acids is 1. The largest absolute Gasteiger partial charge is 0.493 e. The molecule has 2 atom stereocenters. The summed E-state index contributed by atoms with van der Waals surface area (Å²) in [4.78, 5) is 11.1. The number of hydrogen-bond acceptors (Lipinski definition) is 3. The number of ether oxygens (including phenoxy) is 2. The van der Waals surface area contributed by atoms with E-state index in [9.17, 15) is 4.79 Å². The molecular formula is C8H8O3. The van der Waals surface area contributed by atoms with Gasteiger partial charge >= 0.3 is 5.97 Å². The molecular weight excluding hydrogens is 144 g/mol. The minimum atomic E-state index is -0.146. The maximum atomic E-state index is 11.1. The standard InChI is InChI=1S/C8H8O3/c9-8-7-4(3-10-8)5-1-2-6(7)11-5/h4-5H,1-3H2. The van der Waals surface area contributed by atoms with E-state index in [4.69, 9.17) is 9.47 Å². The molecule has 2 saturated heterocycles. The van der Waals surface area contributed by atoms with Crippen molar-refractivity contribution in [3.05, 3.63) is 11.3 Å². The van der Waals surface area contributed by atoms with E-state index in [1.165, 1.54) is 0 Å². The Kier molecular flexibility index (Phi) is 0.819. The van der Waals surface area contributed by atoms with Crippen LogP contribution in [-0.4, -0.2) is 18.7 Å². The third-order valence-electron chi connectivity index (χ3n) is 2.68. The smallest absolute Gasteiger partial charge is 0.338 e. The molecule has 0 radical (unpaired) electrons. The van der Waals surface area contributed by atoms with Crippen molar-refractivity contribution in [2.24, 2.45) is 5.92 Å². The maximum absolute atomic E-state index is 11.1. The highest BCUT2D eigenvalue weighted by Gasteiger charge is 2.49. The van der Waals surface area contributed by atoms with Gasteiger partial charge in [0.15, 0.2) is 0 Å². The summed E-state index contributed by atoms with van der Waals surface area (Å²) in [6, 6.07) is 0. The molecule has 58 valence electrons. The van der Waals surface area contributed by atoms with Gasteiger partial charge in [0.2, 0.25) is 0 Å². The lowest BCUT2D eigenvalue weighted by Gasteiger charge is -2.09. The average molecular weight is 152 g/mol. The number of esters is 1. The summed E-state index contributed by atoms with van der Waals surface area (Å²) >= 11 is 0. The molecule has 3 heterocycles. The molecule has 0 aromatic rings. The third-order valence-corrected chi connectivity index (χ3v) is 2.68. The minimum Gasteiger partial charge on any atom is -0.493 e. The summed E-state index contributed by atoms with van der Waals surface area (Å²) in [6.45, 7) is 0.544.